The van der Waals surface area contributed by atoms with Crippen LogP contribution in [0.4, 0.5) is 5.82 Å². The summed E-state index contributed by atoms with van der Waals surface area (Å²) in [7, 11) is 0. The Morgan fingerprint density at radius 3 is 2.97 bits per heavy atom. The number of fused-ring (bicyclic) bond motifs is 2. The molecule has 0 saturated carbocycles. The number of H-pyrrole nitrogens is 1. The Bertz CT molecular complexity index is 1200. The second-order valence-electron chi connectivity index (χ2n) is 6.64. The molecular weight excluding hydrogens is 418 g/mol. The zero-order valence-electron chi connectivity index (χ0n) is 14.8. The lowest BCUT2D eigenvalue weighted by atomic mass is 10.1. The molecule has 4 atom stereocenters. The number of halogens is 1. The number of nitrogens with one attached hydrogen (secondary N) is 1. The Morgan fingerprint density at radius 1 is 1.24 bits per heavy atom. The van der Waals surface area contributed by atoms with Gasteiger partial charge in [-0.3, -0.25) is 4.57 Å². The number of aliphatic hydroxyl groups excluding tert-OH is 2. The molecule has 5 rings (SSSR count). The van der Waals surface area contributed by atoms with Crippen LogP contribution in [0.2, 0.25) is 5.02 Å². The fraction of sp³-hybridized carbons (Fsp3) is 0.294. The van der Waals surface area contributed by atoms with Crippen molar-refractivity contribution in [2.75, 3.05) is 11.5 Å². The standard InChI is InChI=1S/C17H16ClN7O3S/c18-7-1-2-8-9(3-7)24-17(23-8)29-4-10-12(26)13(27)16(28-10)25-6-22-11-14(19)20-5-21-15(11)25/h1-3,5-6,10,12-13,16,26-27H,4H2,(H,23,24)(H2,19,20,21)/t10-,12-,13-,16-/m1/s1. The first-order valence-corrected chi connectivity index (χ1v) is 10.1. The quantitative estimate of drug-likeness (QED) is 0.350. The highest BCUT2D eigenvalue weighted by Crippen LogP contribution is 2.34. The third-order valence-electron chi connectivity index (χ3n) is 4.80. The van der Waals surface area contributed by atoms with E-state index in [-0.39, 0.29) is 5.82 Å². The van der Waals surface area contributed by atoms with Crippen molar-refractivity contribution in [3.63, 3.8) is 0 Å². The SMILES string of the molecule is Nc1ncnc2c1ncn2[C@@H]1O[C@H](CSc2nc3ccc(Cl)cc3[nH]2)[C@@H](O)[C@H]1O. The Balaban J connectivity index is 1.34. The number of aliphatic hydroxyl groups is 2. The van der Waals surface area contributed by atoms with E-state index in [0.29, 0.717) is 27.1 Å². The van der Waals surface area contributed by atoms with E-state index in [9.17, 15) is 10.2 Å². The maximum Gasteiger partial charge on any atom is 0.167 e. The Labute approximate surface area is 173 Å². The lowest BCUT2D eigenvalue weighted by Crippen LogP contribution is -2.32. The summed E-state index contributed by atoms with van der Waals surface area (Å²) in [5.41, 5.74) is 8.27. The fourth-order valence-electron chi connectivity index (χ4n) is 3.34. The molecule has 1 aliphatic heterocycles. The zero-order chi connectivity index (χ0) is 20.1. The van der Waals surface area contributed by atoms with Gasteiger partial charge in [0.1, 0.15) is 24.1 Å². The average molecular weight is 434 g/mol. The van der Waals surface area contributed by atoms with Crippen LogP contribution in [0.3, 0.4) is 0 Å². The van der Waals surface area contributed by atoms with Gasteiger partial charge in [0.25, 0.3) is 0 Å². The van der Waals surface area contributed by atoms with Gasteiger partial charge in [-0.05, 0) is 18.2 Å². The molecule has 5 N–H and O–H groups in total. The van der Waals surface area contributed by atoms with Gasteiger partial charge in [-0.25, -0.2) is 19.9 Å². The normalized spacial score (nSPS) is 24.7. The molecular formula is C17H16ClN7O3S. The molecule has 0 aliphatic carbocycles. The van der Waals surface area contributed by atoms with Crippen LogP contribution in [-0.2, 0) is 4.74 Å². The van der Waals surface area contributed by atoms with E-state index in [1.54, 1.807) is 16.7 Å². The number of aromatic nitrogens is 6. The number of imidazole rings is 2. The van der Waals surface area contributed by atoms with Gasteiger partial charge in [0.15, 0.2) is 22.8 Å². The van der Waals surface area contributed by atoms with Crippen LogP contribution in [0.1, 0.15) is 6.23 Å². The second kappa shape index (κ2) is 7.11. The molecule has 4 heterocycles. The van der Waals surface area contributed by atoms with E-state index in [1.165, 1.54) is 24.4 Å². The van der Waals surface area contributed by atoms with Crippen molar-refractivity contribution in [1.29, 1.82) is 0 Å². The summed E-state index contributed by atoms with van der Waals surface area (Å²) in [6.07, 6.45) is -0.909. The maximum atomic E-state index is 10.5. The number of benzene rings is 1. The summed E-state index contributed by atoms with van der Waals surface area (Å²) in [6.45, 7) is 0. The van der Waals surface area contributed by atoms with Crippen molar-refractivity contribution in [2.24, 2.45) is 0 Å². The van der Waals surface area contributed by atoms with Gasteiger partial charge >= 0.3 is 0 Å². The topological polar surface area (TPSA) is 148 Å². The Morgan fingerprint density at radius 2 is 2.10 bits per heavy atom. The minimum absolute atomic E-state index is 0.235. The Hall–Kier alpha value is -2.44. The van der Waals surface area contributed by atoms with E-state index < -0.39 is 24.5 Å². The molecule has 0 amide bonds. The molecule has 0 bridgehead atoms. The number of hydrogen-bond acceptors (Lipinski definition) is 9. The lowest BCUT2D eigenvalue weighted by molar-refractivity contribution is -0.0289. The fourth-order valence-corrected chi connectivity index (χ4v) is 4.46. The number of thioether (sulfide) groups is 1. The van der Waals surface area contributed by atoms with Crippen molar-refractivity contribution in [1.82, 2.24) is 29.5 Å². The van der Waals surface area contributed by atoms with Crippen LogP contribution in [-0.4, -0.2) is 63.8 Å². The molecule has 10 nitrogen and oxygen atoms in total. The molecule has 3 aromatic heterocycles. The van der Waals surface area contributed by atoms with Crippen LogP contribution in [0.5, 0.6) is 0 Å². The van der Waals surface area contributed by atoms with Crippen molar-refractivity contribution in [3.05, 3.63) is 35.9 Å². The summed E-state index contributed by atoms with van der Waals surface area (Å²) in [4.78, 5) is 19.9. The lowest BCUT2D eigenvalue weighted by Gasteiger charge is -2.16. The zero-order valence-corrected chi connectivity index (χ0v) is 16.4. The van der Waals surface area contributed by atoms with Crippen LogP contribution in [0.15, 0.2) is 36.0 Å². The van der Waals surface area contributed by atoms with Crippen molar-refractivity contribution in [2.45, 2.75) is 29.7 Å². The van der Waals surface area contributed by atoms with Gasteiger partial charge in [-0.1, -0.05) is 23.4 Å². The van der Waals surface area contributed by atoms with Gasteiger partial charge in [0.2, 0.25) is 0 Å². The molecule has 1 aromatic carbocycles. The van der Waals surface area contributed by atoms with Crippen molar-refractivity contribution >= 4 is 51.4 Å². The summed E-state index contributed by atoms with van der Waals surface area (Å²) >= 11 is 7.38. The number of aromatic amines is 1. The first kappa shape index (κ1) is 18.6. The number of rotatable bonds is 4. The number of nitrogens with two attached hydrogens (primary N) is 1. The largest absolute Gasteiger partial charge is 0.387 e. The average Bonchev–Trinajstić information content (AvgIpc) is 3.38. The number of nitrogens with zero attached hydrogens (tertiary/aromatic N) is 5. The minimum atomic E-state index is -1.15. The number of ether oxygens (including phenoxy) is 1. The molecule has 1 aliphatic rings. The maximum absolute atomic E-state index is 10.5. The summed E-state index contributed by atoms with van der Waals surface area (Å²) in [5, 5.41) is 22.3. The number of hydrogen-bond donors (Lipinski definition) is 4. The third-order valence-corrected chi connectivity index (χ3v) is 6.00. The minimum Gasteiger partial charge on any atom is -0.387 e. The summed E-state index contributed by atoms with van der Waals surface area (Å²) < 4.78 is 7.48. The smallest absolute Gasteiger partial charge is 0.167 e. The number of nitrogen functional groups attached to an aromatic ring is 1. The molecule has 4 aromatic rings. The van der Waals surface area contributed by atoms with Crippen LogP contribution >= 0.6 is 23.4 Å². The predicted molar refractivity (Wildman–Crippen MR) is 107 cm³/mol. The van der Waals surface area contributed by atoms with Gasteiger partial charge in [-0.2, -0.15) is 0 Å². The first-order valence-electron chi connectivity index (χ1n) is 8.74. The molecule has 0 spiro atoms. The van der Waals surface area contributed by atoms with Gasteiger partial charge < -0.3 is 25.7 Å². The molecule has 29 heavy (non-hydrogen) atoms. The van der Waals surface area contributed by atoms with Gasteiger partial charge in [0.05, 0.1) is 23.5 Å². The van der Waals surface area contributed by atoms with Crippen LogP contribution in [0, 0.1) is 0 Å². The van der Waals surface area contributed by atoms with Gasteiger partial charge in [0, 0.05) is 10.8 Å². The summed E-state index contributed by atoms with van der Waals surface area (Å²) in [5.74, 6) is 0.616. The van der Waals surface area contributed by atoms with E-state index in [0.717, 1.165) is 11.0 Å². The second-order valence-corrected chi connectivity index (χ2v) is 8.09. The molecule has 12 heteroatoms. The van der Waals surface area contributed by atoms with E-state index >= 15 is 0 Å². The predicted octanol–water partition coefficient (Wildman–Crippen LogP) is 1.35. The molecule has 1 fully saturated rings. The molecule has 150 valence electrons. The van der Waals surface area contributed by atoms with E-state index in [4.69, 9.17) is 22.1 Å². The van der Waals surface area contributed by atoms with Gasteiger partial charge in [-0.15, -0.1) is 0 Å². The first-order chi connectivity index (χ1) is 14.0. The summed E-state index contributed by atoms with van der Waals surface area (Å²) in [6, 6.07) is 5.40. The third kappa shape index (κ3) is 3.20. The van der Waals surface area contributed by atoms with Crippen LogP contribution in [0.25, 0.3) is 22.2 Å². The van der Waals surface area contributed by atoms with Crippen molar-refractivity contribution < 1.29 is 14.9 Å². The highest BCUT2D eigenvalue weighted by molar-refractivity contribution is 7.99. The monoisotopic (exact) mass is 433 g/mol. The van der Waals surface area contributed by atoms with Crippen LogP contribution < -0.4 is 5.73 Å². The molecule has 0 radical (unpaired) electrons. The van der Waals surface area contributed by atoms with E-state index in [2.05, 4.69) is 24.9 Å². The molecule has 0 unspecified atom stereocenters. The number of anilines is 1. The highest BCUT2D eigenvalue weighted by atomic mass is 35.5. The highest BCUT2D eigenvalue weighted by Gasteiger charge is 2.44. The van der Waals surface area contributed by atoms with E-state index in [1.807, 2.05) is 6.07 Å². The molecule has 1 saturated heterocycles. The Kier molecular flexibility index (Phi) is 4.56. The van der Waals surface area contributed by atoms with Crippen molar-refractivity contribution in [3.8, 4) is 0 Å².